The summed E-state index contributed by atoms with van der Waals surface area (Å²) in [6.45, 7) is 2.03. The Bertz CT molecular complexity index is 610. The highest BCUT2D eigenvalue weighted by Crippen LogP contribution is 2.59. The molecule has 0 aliphatic carbocycles. The minimum absolute atomic E-state index is 0.00466. The molecule has 0 saturated carbocycles. The Labute approximate surface area is 132 Å². The van der Waals surface area contributed by atoms with Crippen molar-refractivity contribution < 1.29 is 13.6 Å². The number of hydrogen-bond acceptors (Lipinski definition) is 4. The molecule has 22 heavy (non-hydrogen) atoms. The van der Waals surface area contributed by atoms with E-state index in [4.69, 9.17) is 9.05 Å². The predicted molar refractivity (Wildman–Crippen MR) is 88.8 cm³/mol. The van der Waals surface area contributed by atoms with Crippen molar-refractivity contribution in [1.82, 2.24) is 5.32 Å². The first-order chi connectivity index (χ1) is 10.6. The van der Waals surface area contributed by atoms with Crippen LogP contribution in [0, 0.1) is 0 Å². The first-order valence-electron chi connectivity index (χ1n) is 7.18. The Kier molecular flexibility index (Phi) is 5.92. The SMILES string of the molecule is COP(=O)(OC)C(N[C@@H](C)c1ccccc1)c1ccccc1. The van der Waals surface area contributed by atoms with Crippen LogP contribution >= 0.6 is 7.60 Å². The Balaban J connectivity index is 2.31. The third kappa shape index (κ3) is 3.84. The largest absolute Gasteiger partial charge is 0.351 e. The summed E-state index contributed by atoms with van der Waals surface area (Å²) in [5.74, 6) is -0.529. The molecule has 1 unspecified atom stereocenters. The van der Waals surface area contributed by atoms with Crippen LogP contribution in [0.3, 0.4) is 0 Å². The summed E-state index contributed by atoms with van der Waals surface area (Å²) in [7, 11) is -0.475. The zero-order valence-electron chi connectivity index (χ0n) is 13.1. The average Bonchev–Trinajstić information content (AvgIpc) is 2.60. The van der Waals surface area contributed by atoms with E-state index in [1.807, 2.05) is 67.6 Å². The van der Waals surface area contributed by atoms with E-state index in [1.165, 1.54) is 14.2 Å². The van der Waals surface area contributed by atoms with Crippen LogP contribution in [0.25, 0.3) is 0 Å². The van der Waals surface area contributed by atoms with Crippen LogP contribution in [0.4, 0.5) is 0 Å². The number of nitrogens with one attached hydrogen (secondary N) is 1. The normalized spacial score (nSPS) is 14.5. The summed E-state index contributed by atoms with van der Waals surface area (Å²) in [6, 6.07) is 19.6. The minimum atomic E-state index is -3.30. The van der Waals surface area contributed by atoms with E-state index in [0.717, 1.165) is 11.1 Å². The third-order valence-corrected chi connectivity index (χ3v) is 5.75. The van der Waals surface area contributed by atoms with Crippen LogP contribution < -0.4 is 5.32 Å². The molecule has 2 aromatic carbocycles. The third-order valence-electron chi connectivity index (χ3n) is 3.65. The standard InChI is InChI=1S/C17H22NO3P/c1-14(15-10-6-4-7-11-15)18-17(22(19,20-2)21-3)16-12-8-5-9-13-16/h4-14,17-18H,1-3H3/t14-,17?/m0/s1. The predicted octanol–water partition coefficient (Wildman–Crippen LogP) is 4.52. The van der Waals surface area contributed by atoms with Crippen LogP contribution in [-0.2, 0) is 13.6 Å². The number of hydrogen-bond donors (Lipinski definition) is 1. The molecule has 0 heterocycles. The van der Waals surface area contributed by atoms with Gasteiger partial charge in [-0.25, -0.2) is 0 Å². The van der Waals surface area contributed by atoms with Crippen LogP contribution in [-0.4, -0.2) is 14.2 Å². The smallest absolute Gasteiger partial charge is 0.311 e. The zero-order valence-corrected chi connectivity index (χ0v) is 14.0. The molecule has 118 valence electrons. The molecular weight excluding hydrogens is 297 g/mol. The van der Waals surface area contributed by atoms with Gasteiger partial charge in [0.1, 0.15) is 5.78 Å². The Morgan fingerprint density at radius 2 is 1.32 bits per heavy atom. The lowest BCUT2D eigenvalue weighted by molar-refractivity contribution is 0.256. The van der Waals surface area contributed by atoms with E-state index in [1.54, 1.807) is 0 Å². The molecular formula is C17H22NO3P. The van der Waals surface area contributed by atoms with Crippen LogP contribution in [0.2, 0.25) is 0 Å². The van der Waals surface area contributed by atoms with Gasteiger partial charge in [-0.15, -0.1) is 0 Å². The highest BCUT2D eigenvalue weighted by atomic mass is 31.2. The highest BCUT2D eigenvalue weighted by molar-refractivity contribution is 7.54. The quantitative estimate of drug-likeness (QED) is 0.762. The van der Waals surface area contributed by atoms with Gasteiger partial charge in [0.25, 0.3) is 0 Å². The molecule has 4 nitrogen and oxygen atoms in total. The second-order valence-corrected chi connectivity index (χ2v) is 7.34. The monoisotopic (exact) mass is 319 g/mol. The van der Waals surface area contributed by atoms with Crippen molar-refractivity contribution in [3.05, 3.63) is 71.8 Å². The van der Waals surface area contributed by atoms with E-state index in [0.29, 0.717) is 0 Å². The summed E-state index contributed by atoms with van der Waals surface area (Å²) in [4.78, 5) is 0. The second kappa shape index (κ2) is 7.70. The summed E-state index contributed by atoms with van der Waals surface area (Å²) in [5, 5.41) is 3.38. The molecule has 2 atom stereocenters. The maximum absolute atomic E-state index is 12.9. The van der Waals surface area contributed by atoms with Gasteiger partial charge in [0.2, 0.25) is 0 Å². The van der Waals surface area contributed by atoms with E-state index in [2.05, 4.69) is 5.32 Å². The van der Waals surface area contributed by atoms with Gasteiger partial charge in [0, 0.05) is 20.3 Å². The maximum atomic E-state index is 12.9. The van der Waals surface area contributed by atoms with Crippen molar-refractivity contribution in [2.45, 2.75) is 18.7 Å². The van der Waals surface area contributed by atoms with Crippen molar-refractivity contribution in [3.8, 4) is 0 Å². The lowest BCUT2D eigenvalue weighted by atomic mass is 10.1. The topological polar surface area (TPSA) is 47.6 Å². The average molecular weight is 319 g/mol. The molecule has 0 radical (unpaired) electrons. The fraction of sp³-hybridized carbons (Fsp3) is 0.294. The molecule has 2 aromatic rings. The van der Waals surface area contributed by atoms with Gasteiger partial charge < -0.3 is 9.05 Å². The van der Waals surface area contributed by atoms with Crippen LogP contribution in [0.1, 0.15) is 29.9 Å². The van der Waals surface area contributed by atoms with Crippen LogP contribution in [0.15, 0.2) is 60.7 Å². The van der Waals surface area contributed by atoms with Crippen molar-refractivity contribution in [3.63, 3.8) is 0 Å². The Morgan fingerprint density at radius 1 is 0.864 bits per heavy atom. The Morgan fingerprint density at radius 3 is 1.77 bits per heavy atom. The van der Waals surface area contributed by atoms with E-state index >= 15 is 0 Å². The van der Waals surface area contributed by atoms with Gasteiger partial charge in [0.15, 0.2) is 0 Å². The van der Waals surface area contributed by atoms with Gasteiger partial charge in [-0.1, -0.05) is 60.7 Å². The molecule has 0 aliphatic heterocycles. The fourth-order valence-corrected chi connectivity index (χ4v) is 3.88. The van der Waals surface area contributed by atoms with E-state index < -0.39 is 13.4 Å². The lowest BCUT2D eigenvalue weighted by Crippen LogP contribution is -2.25. The molecule has 5 heteroatoms. The number of benzene rings is 2. The molecule has 0 bridgehead atoms. The molecule has 1 N–H and O–H groups in total. The summed E-state index contributed by atoms with van der Waals surface area (Å²) < 4.78 is 23.3. The molecule has 0 spiro atoms. The Hall–Kier alpha value is -1.45. The summed E-state index contributed by atoms with van der Waals surface area (Å²) >= 11 is 0. The van der Waals surface area contributed by atoms with E-state index in [-0.39, 0.29) is 6.04 Å². The van der Waals surface area contributed by atoms with Crippen molar-refractivity contribution in [2.24, 2.45) is 0 Å². The maximum Gasteiger partial charge on any atom is 0.351 e. The molecule has 0 fully saturated rings. The highest BCUT2D eigenvalue weighted by Gasteiger charge is 2.36. The number of rotatable bonds is 7. The van der Waals surface area contributed by atoms with Crippen molar-refractivity contribution in [1.29, 1.82) is 0 Å². The van der Waals surface area contributed by atoms with Gasteiger partial charge in [-0.2, -0.15) is 0 Å². The van der Waals surface area contributed by atoms with Gasteiger partial charge in [-0.05, 0) is 18.1 Å². The van der Waals surface area contributed by atoms with Gasteiger partial charge >= 0.3 is 7.60 Å². The van der Waals surface area contributed by atoms with Gasteiger partial charge in [0.05, 0.1) is 0 Å². The van der Waals surface area contributed by atoms with Crippen molar-refractivity contribution in [2.75, 3.05) is 14.2 Å². The molecule has 2 rings (SSSR count). The molecule has 0 aliphatic rings. The first-order valence-corrected chi connectivity index (χ1v) is 8.79. The fourth-order valence-electron chi connectivity index (χ4n) is 2.37. The lowest BCUT2D eigenvalue weighted by Gasteiger charge is -2.28. The molecule has 0 amide bonds. The minimum Gasteiger partial charge on any atom is -0.311 e. The van der Waals surface area contributed by atoms with Gasteiger partial charge in [-0.3, -0.25) is 9.88 Å². The first kappa shape index (κ1) is 16.9. The summed E-state index contributed by atoms with van der Waals surface area (Å²) in [5.41, 5.74) is 1.99. The molecule has 0 saturated heterocycles. The van der Waals surface area contributed by atoms with Crippen molar-refractivity contribution >= 4 is 7.60 Å². The molecule has 0 aromatic heterocycles. The second-order valence-electron chi connectivity index (χ2n) is 5.02. The summed E-state index contributed by atoms with van der Waals surface area (Å²) in [6.07, 6.45) is 0. The van der Waals surface area contributed by atoms with Crippen LogP contribution in [0.5, 0.6) is 0 Å². The zero-order chi connectivity index (χ0) is 16.0. The van der Waals surface area contributed by atoms with E-state index in [9.17, 15) is 4.57 Å².